The fourth-order valence-corrected chi connectivity index (χ4v) is 6.66. The van der Waals surface area contributed by atoms with Crippen molar-refractivity contribution < 1.29 is 66.3 Å². The van der Waals surface area contributed by atoms with E-state index in [0.29, 0.717) is 6.42 Å². The fourth-order valence-electron chi connectivity index (χ4n) is 6.66. The molecule has 1 aliphatic rings. The maximum absolute atomic E-state index is 14.0. The largest absolute Gasteiger partial charge is 0.489 e. The summed E-state index contributed by atoms with van der Waals surface area (Å²) in [6.45, 7) is 2.70. The molecule has 5 atom stereocenters. The van der Waals surface area contributed by atoms with Crippen molar-refractivity contribution in [3.8, 4) is 17.2 Å². The van der Waals surface area contributed by atoms with Crippen LogP contribution in [0.5, 0.6) is 17.2 Å². The maximum atomic E-state index is 14.0. The first kappa shape index (κ1) is 44.3. The summed E-state index contributed by atoms with van der Waals surface area (Å²) in [6, 6.07) is 36.2. The van der Waals surface area contributed by atoms with Crippen LogP contribution in [0.2, 0.25) is 0 Å². The van der Waals surface area contributed by atoms with Gasteiger partial charge in [0, 0.05) is 13.0 Å². The van der Waals surface area contributed by atoms with E-state index in [1.807, 2.05) is 6.92 Å². The third-order valence-electron chi connectivity index (χ3n) is 9.77. The molecule has 1 saturated heterocycles. The van der Waals surface area contributed by atoms with E-state index in [0.717, 1.165) is 13.3 Å². The van der Waals surface area contributed by atoms with Gasteiger partial charge in [-0.05, 0) is 67.1 Å². The van der Waals surface area contributed by atoms with Gasteiger partial charge < -0.3 is 42.3 Å². The molecule has 7 rings (SSSR count). The van der Waals surface area contributed by atoms with Gasteiger partial charge in [0.25, 0.3) is 5.75 Å². The lowest BCUT2D eigenvalue weighted by atomic mass is 9.97. The van der Waals surface area contributed by atoms with Crippen molar-refractivity contribution >= 4 is 40.8 Å². The lowest BCUT2D eigenvalue weighted by Crippen LogP contribution is -2.63. The Morgan fingerprint density at radius 2 is 1.09 bits per heavy atom. The molecule has 15 heteroatoms. The Morgan fingerprint density at radius 3 is 1.61 bits per heavy atom. The molecule has 0 amide bonds. The number of carbonyl (C=O) groups excluding carboxylic acids is 5. The van der Waals surface area contributed by atoms with E-state index in [4.69, 9.17) is 42.3 Å². The summed E-state index contributed by atoms with van der Waals surface area (Å²) in [5, 5.41) is 0.254. The Labute approximate surface area is 366 Å². The Hall–Kier alpha value is -7.78. The predicted octanol–water partition coefficient (Wildman–Crippen LogP) is 7.53. The maximum Gasteiger partial charge on any atom is 0.383 e. The summed E-state index contributed by atoms with van der Waals surface area (Å²) in [5.41, 5.74) is -0.510. The van der Waals surface area contributed by atoms with Gasteiger partial charge in [0.15, 0.2) is 18.0 Å². The van der Waals surface area contributed by atoms with Crippen molar-refractivity contribution in [1.29, 1.82) is 0 Å². The summed E-state index contributed by atoms with van der Waals surface area (Å²) in [6.07, 6.45) is -6.71. The SMILES string of the molecule is CCCCOc1c(OC(C)=O)c(=O)oc2cc(O[C@@H]3O[C@H](COC(=O)c4ccccc4)[C@H](OC(=O)c4ccccc4)[C@H](OC(=O)c4ccccc4)[C@H]3OC(=O)c3ccccc3)ccc12. The van der Waals surface area contributed by atoms with E-state index >= 15 is 0 Å². The third-order valence-corrected chi connectivity index (χ3v) is 9.77. The predicted molar refractivity (Wildman–Crippen MR) is 227 cm³/mol. The van der Waals surface area contributed by atoms with Crippen LogP contribution >= 0.6 is 0 Å². The number of hydrogen-bond donors (Lipinski definition) is 0. The van der Waals surface area contributed by atoms with Crippen LogP contribution in [0.3, 0.4) is 0 Å². The van der Waals surface area contributed by atoms with Gasteiger partial charge in [-0.1, -0.05) is 86.1 Å². The average Bonchev–Trinajstić information content (AvgIpc) is 3.31. The summed E-state index contributed by atoms with van der Waals surface area (Å²) in [7, 11) is 0. The van der Waals surface area contributed by atoms with Gasteiger partial charge >= 0.3 is 35.5 Å². The Balaban J connectivity index is 1.33. The van der Waals surface area contributed by atoms with E-state index in [1.54, 1.807) is 84.9 Å². The number of ether oxygens (including phenoxy) is 8. The summed E-state index contributed by atoms with van der Waals surface area (Å²) >= 11 is 0. The molecule has 6 aromatic rings. The Morgan fingerprint density at radius 1 is 0.594 bits per heavy atom. The molecule has 5 aromatic carbocycles. The second kappa shape index (κ2) is 20.9. The Kier molecular flexibility index (Phi) is 14.4. The molecule has 1 aromatic heterocycles. The van der Waals surface area contributed by atoms with E-state index in [1.165, 1.54) is 54.6 Å². The third kappa shape index (κ3) is 10.8. The molecule has 328 valence electrons. The average molecular weight is 871 g/mol. The molecule has 1 aliphatic heterocycles. The number of rotatable bonds is 16. The zero-order chi connectivity index (χ0) is 45.0. The van der Waals surface area contributed by atoms with Crippen molar-refractivity contribution in [2.75, 3.05) is 13.2 Å². The zero-order valence-electron chi connectivity index (χ0n) is 34.6. The number of hydrogen-bond acceptors (Lipinski definition) is 15. The Bertz CT molecular complexity index is 2630. The topological polar surface area (TPSA) is 189 Å². The van der Waals surface area contributed by atoms with Crippen LogP contribution < -0.4 is 19.8 Å². The first-order chi connectivity index (χ1) is 31.1. The molecule has 64 heavy (non-hydrogen) atoms. The minimum absolute atomic E-state index is 0.0194. The smallest absolute Gasteiger partial charge is 0.383 e. The van der Waals surface area contributed by atoms with Crippen LogP contribution in [-0.2, 0) is 28.5 Å². The molecule has 0 N–H and O–H groups in total. The minimum Gasteiger partial charge on any atom is -0.489 e. The highest BCUT2D eigenvalue weighted by molar-refractivity contribution is 5.92. The summed E-state index contributed by atoms with van der Waals surface area (Å²) in [5.74, 6) is -4.63. The number of benzene rings is 5. The highest BCUT2D eigenvalue weighted by Gasteiger charge is 2.54. The van der Waals surface area contributed by atoms with E-state index < -0.39 is 78.5 Å². The number of unbranched alkanes of at least 4 members (excludes halogenated alkanes) is 1. The minimum atomic E-state index is -1.70. The van der Waals surface area contributed by atoms with Crippen LogP contribution in [0.1, 0.15) is 68.1 Å². The van der Waals surface area contributed by atoms with Crippen LogP contribution in [-0.4, -0.2) is 73.8 Å². The number of carbonyl (C=O) groups is 5. The summed E-state index contributed by atoms with van der Waals surface area (Å²) < 4.78 is 53.6. The fraction of sp³-hybridized carbons (Fsp3) is 0.224. The zero-order valence-corrected chi connectivity index (χ0v) is 34.6. The highest BCUT2D eigenvalue weighted by atomic mass is 16.7. The molecular formula is C49H42O15. The number of esters is 5. The van der Waals surface area contributed by atoms with Gasteiger partial charge in [-0.2, -0.15) is 0 Å². The van der Waals surface area contributed by atoms with Crippen LogP contribution in [0.4, 0.5) is 0 Å². The molecule has 0 spiro atoms. The van der Waals surface area contributed by atoms with E-state index in [2.05, 4.69) is 0 Å². The quantitative estimate of drug-likeness (QED) is 0.0401. The number of fused-ring (bicyclic) bond motifs is 1. The molecule has 0 radical (unpaired) electrons. The van der Waals surface area contributed by atoms with Crippen LogP contribution in [0.15, 0.2) is 149 Å². The second-order valence-corrected chi connectivity index (χ2v) is 14.3. The molecule has 0 saturated carbocycles. The lowest BCUT2D eigenvalue weighted by Gasteiger charge is -2.44. The molecule has 1 fully saturated rings. The summed E-state index contributed by atoms with van der Waals surface area (Å²) in [4.78, 5) is 80.3. The van der Waals surface area contributed by atoms with Gasteiger partial charge in [-0.25, -0.2) is 24.0 Å². The van der Waals surface area contributed by atoms with Gasteiger partial charge in [0.2, 0.25) is 12.4 Å². The second-order valence-electron chi connectivity index (χ2n) is 14.3. The van der Waals surface area contributed by atoms with Crippen LogP contribution in [0.25, 0.3) is 11.0 Å². The van der Waals surface area contributed by atoms with Crippen molar-refractivity contribution in [3.63, 3.8) is 0 Å². The van der Waals surface area contributed by atoms with E-state index in [-0.39, 0.29) is 51.3 Å². The molecule has 0 aliphatic carbocycles. The van der Waals surface area contributed by atoms with Crippen molar-refractivity contribution in [3.05, 3.63) is 172 Å². The first-order valence-corrected chi connectivity index (χ1v) is 20.3. The normalized spacial score (nSPS) is 17.9. The van der Waals surface area contributed by atoms with Gasteiger partial charge in [0.1, 0.15) is 24.0 Å². The molecule has 0 unspecified atom stereocenters. The van der Waals surface area contributed by atoms with Gasteiger partial charge in [-0.15, -0.1) is 0 Å². The highest BCUT2D eigenvalue weighted by Crippen LogP contribution is 2.37. The molecule has 2 heterocycles. The van der Waals surface area contributed by atoms with Crippen molar-refractivity contribution in [2.24, 2.45) is 0 Å². The first-order valence-electron chi connectivity index (χ1n) is 20.3. The van der Waals surface area contributed by atoms with Crippen LogP contribution in [0, 0.1) is 0 Å². The van der Waals surface area contributed by atoms with Crippen molar-refractivity contribution in [1.82, 2.24) is 0 Å². The molecular weight excluding hydrogens is 829 g/mol. The molecule has 15 nitrogen and oxygen atoms in total. The lowest BCUT2D eigenvalue weighted by molar-refractivity contribution is -0.275. The van der Waals surface area contributed by atoms with Gasteiger partial charge in [0.05, 0.1) is 34.2 Å². The monoisotopic (exact) mass is 870 g/mol. The van der Waals surface area contributed by atoms with E-state index in [9.17, 15) is 28.8 Å². The standard InChI is InChI=1S/C49H42O15/c1-3-4-27-56-39-36-26-25-35(28-37(36)60-48(55)42(39)58-30(2)50)59-49-43(64-47(54)34-23-15-8-16-24-34)41(63-46(53)33-21-13-7-14-22-33)40(62-45(52)32-19-11-6-12-20-32)38(61-49)29-57-44(51)31-17-9-5-10-18-31/h5-26,28,38,40-41,43,49H,3-4,27,29H2,1-2H3/t38-,40+,41+,43-,49-/m1/s1. The van der Waals surface area contributed by atoms with Gasteiger partial charge in [-0.3, -0.25) is 4.79 Å². The molecule has 0 bridgehead atoms. The van der Waals surface area contributed by atoms with Crippen molar-refractivity contribution in [2.45, 2.75) is 57.4 Å².